The fraction of sp³-hybridized carbons (Fsp3) is 0.286. The number of anilines is 1. The molecule has 0 aliphatic carbocycles. The standard InChI is InChI=1S/C14H17N3O2/c15-8-7-12(16)10-3-5-11(6-4-10)17-14(18)13-2-1-9-19-13/h3-8,13,15H,1-2,9,16H2,(H,17,18)/b12-7-,15-8?/t13-/m1/s1. The molecule has 0 aromatic heterocycles. The van der Waals surface area contributed by atoms with Crippen molar-refractivity contribution in [3.05, 3.63) is 35.9 Å². The molecule has 1 saturated heterocycles. The van der Waals surface area contributed by atoms with Crippen LogP contribution in [0.5, 0.6) is 0 Å². The summed E-state index contributed by atoms with van der Waals surface area (Å²) < 4.78 is 5.31. The minimum Gasteiger partial charge on any atom is -0.398 e. The molecule has 1 aromatic rings. The van der Waals surface area contributed by atoms with Gasteiger partial charge in [-0.25, -0.2) is 0 Å². The van der Waals surface area contributed by atoms with Gasteiger partial charge >= 0.3 is 0 Å². The lowest BCUT2D eigenvalue weighted by Crippen LogP contribution is -2.26. The summed E-state index contributed by atoms with van der Waals surface area (Å²) in [4.78, 5) is 11.8. The zero-order chi connectivity index (χ0) is 13.7. The second-order valence-corrected chi connectivity index (χ2v) is 4.36. The van der Waals surface area contributed by atoms with Gasteiger partial charge in [0.15, 0.2) is 0 Å². The summed E-state index contributed by atoms with van der Waals surface area (Å²) in [6, 6.07) is 7.18. The van der Waals surface area contributed by atoms with E-state index in [-0.39, 0.29) is 12.0 Å². The van der Waals surface area contributed by atoms with Crippen LogP contribution in [0.4, 0.5) is 5.69 Å². The van der Waals surface area contributed by atoms with Crippen molar-refractivity contribution in [3.63, 3.8) is 0 Å². The number of hydrogen-bond donors (Lipinski definition) is 3. The molecule has 100 valence electrons. The van der Waals surface area contributed by atoms with Crippen molar-refractivity contribution in [2.24, 2.45) is 5.73 Å². The average Bonchev–Trinajstić information content (AvgIpc) is 2.94. The summed E-state index contributed by atoms with van der Waals surface area (Å²) in [5.74, 6) is -0.103. The third-order valence-corrected chi connectivity index (χ3v) is 2.97. The normalized spacial score (nSPS) is 19.2. The SMILES string of the molecule is N=C/C=C(\N)c1ccc(NC(=O)[C@H]2CCCO2)cc1. The van der Waals surface area contributed by atoms with Crippen molar-refractivity contribution in [1.82, 2.24) is 0 Å². The largest absolute Gasteiger partial charge is 0.398 e. The fourth-order valence-corrected chi connectivity index (χ4v) is 1.94. The van der Waals surface area contributed by atoms with Crippen LogP contribution in [-0.4, -0.2) is 24.8 Å². The lowest BCUT2D eigenvalue weighted by molar-refractivity contribution is -0.124. The molecule has 5 heteroatoms. The van der Waals surface area contributed by atoms with Crippen molar-refractivity contribution < 1.29 is 9.53 Å². The van der Waals surface area contributed by atoms with Crippen LogP contribution in [0.25, 0.3) is 5.70 Å². The number of benzene rings is 1. The van der Waals surface area contributed by atoms with E-state index in [9.17, 15) is 4.79 Å². The maximum atomic E-state index is 11.8. The van der Waals surface area contributed by atoms with E-state index in [0.717, 1.165) is 24.6 Å². The predicted molar refractivity (Wildman–Crippen MR) is 75.0 cm³/mol. The third-order valence-electron chi connectivity index (χ3n) is 2.97. The molecular weight excluding hydrogens is 242 g/mol. The molecule has 1 fully saturated rings. The first kappa shape index (κ1) is 13.3. The summed E-state index contributed by atoms with van der Waals surface area (Å²) in [6.07, 6.45) is 4.03. The number of allylic oxidation sites excluding steroid dienone is 1. The highest BCUT2D eigenvalue weighted by atomic mass is 16.5. The molecule has 1 amide bonds. The lowest BCUT2D eigenvalue weighted by Gasteiger charge is -2.10. The Morgan fingerprint density at radius 3 is 2.74 bits per heavy atom. The minimum absolute atomic E-state index is 0.103. The van der Waals surface area contributed by atoms with Crippen molar-refractivity contribution in [2.45, 2.75) is 18.9 Å². The molecule has 1 aromatic carbocycles. The van der Waals surface area contributed by atoms with Gasteiger partial charge in [0.25, 0.3) is 5.91 Å². The van der Waals surface area contributed by atoms with Crippen LogP contribution in [0.2, 0.25) is 0 Å². The number of hydrogen-bond acceptors (Lipinski definition) is 4. The van der Waals surface area contributed by atoms with Gasteiger partial charge in [0.05, 0.1) is 0 Å². The van der Waals surface area contributed by atoms with E-state index in [1.165, 1.54) is 6.08 Å². The van der Waals surface area contributed by atoms with E-state index in [4.69, 9.17) is 15.9 Å². The Kier molecular flexibility index (Phi) is 4.30. The molecule has 0 unspecified atom stereocenters. The van der Waals surface area contributed by atoms with E-state index in [2.05, 4.69) is 5.32 Å². The first-order chi connectivity index (χ1) is 9.20. The molecule has 1 atom stereocenters. The number of carbonyl (C=O) groups excluding carboxylic acids is 1. The predicted octanol–water partition coefficient (Wildman–Crippen LogP) is 1.75. The Labute approximate surface area is 112 Å². The highest BCUT2D eigenvalue weighted by Gasteiger charge is 2.23. The van der Waals surface area contributed by atoms with E-state index >= 15 is 0 Å². The van der Waals surface area contributed by atoms with E-state index in [1.54, 1.807) is 24.3 Å². The lowest BCUT2D eigenvalue weighted by atomic mass is 10.1. The van der Waals surface area contributed by atoms with Gasteiger partial charge in [-0.05, 0) is 36.6 Å². The van der Waals surface area contributed by atoms with Crippen LogP contribution in [0.3, 0.4) is 0 Å². The second kappa shape index (κ2) is 6.15. The topological polar surface area (TPSA) is 88.2 Å². The fourth-order valence-electron chi connectivity index (χ4n) is 1.94. The maximum absolute atomic E-state index is 11.8. The molecule has 2 rings (SSSR count). The number of nitrogens with two attached hydrogens (primary N) is 1. The van der Waals surface area contributed by atoms with E-state index < -0.39 is 0 Å². The number of amides is 1. The van der Waals surface area contributed by atoms with E-state index in [0.29, 0.717) is 18.0 Å². The molecule has 0 spiro atoms. The van der Waals surface area contributed by atoms with Gasteiger partial charge in [-0.3, -0.25) is 4.79 Å². The van der Waals surface area contributed by atoms with Crippen LogP contribution in [0.15, 0.2) is 30.3 Å². The van der Waals surface area contributed by atoms with Crippen molar-refractivity contribution in [1.29, 1.82) is 5.41 Å². The molecule has 4 N–H and O–H groups in total. The molecule has 1 aliphatic heterocycles. The monoisotopic (exact) mass is 259 g/mol. The summed E-state index contributed by atoms with van der Waals surface area (Å²) in [7, 11) is 0. The number of ether oxygens (including phenoxy) is 1. The van der Waals surface area contributed by atoms with Gasteiger partial charge in [-0.1, -0.05) is 12.1 Å². The van der Waals surface area contributed by atoms with Gasteiger partial charge in [-0.15, -0.1) is 0 Å². The molecule has 5 nitrogen and oxygen atoms in total. The van der Waals surface area contributed by atoms with Crippen molar-refractivity contribution >= 4 is 23.5 Å². The Morgan fingerprint density at radius 1 is 1.42 bits per heavy atom. The average molecular weight is 259 g/mol. The first-order valence-corrected chi connectivity index (χ1v) is 6.20. The summed E-state index contributed by atoms with van der Waals surface area (Å²) >= 11 is 0. The van der Waals surface area contributed by atoms with Gasteiger partial charge < -0.3 is 21.2 Å². The van der Waals surface area contributed by atoms with Crippen LogP contribution >= 0.6 is 0 Å². The van der Waals surface area contributed by atoms with Crippen LogP contribution in [0.1, 0.15) is 18.4 Å². The van der Waals surface area contributed by atoms with Crippen LogP contribution < -0.4 is 11.1 Å². The molecule has 0 radical (unpaired) electrons. The van der Waals surface area contributed by atoms with Crippen molar-refractivity contribution in [3.8, 4) is 0 Å². The van der Waals surface area contributed by atoms with Crippen molar-refractivity contribution in [2.75, 3.05) is 11.9 Å². The zero-order valence-corrected chi connectivity index (χ0v) is 10.6. The molecular formula is C14H17N3O2. The molecule has 1 aliphatic rings. The number of rotatable bonds is 4. The third kappa shape index (κ3) is 3.42. The van der Waals surface area contributed by atoms with Crippen LogP contribution in [-0.2, 0) is 9.53 Å². The quantitative estimate of drug-likeness (QED) is 0.720. The van der Waals surface area contributed by atoms with E-state index in [1.807, 2.05) is 0 Å². The van der Waals surface area contributed by atoms with Gasteiger partial charge in [0, 0.05) is 24.2 Å². The summed E-state index contributed by atoms with van der Waals surface area (Å²) in [5, 5.41) is 9.77. The van der Waals surface area contributed by atoms with Gasteiger partial charge in [-0.2, -0.15) is 0 Å². The Bertz CT molecular complexity index is 488. The Hall–Kier alpha value is -2.14. The second-order valence-electron chi connectivity index (χ2n) is 4.36. The highest BCUT2D eigenvalue weighted by Crippen LogP contribution is 2.17. The summed E-state index contributed by atoms with van der Waals surface area (Å²) in [5.41, 5.74) is 7.81. The molecule has 19 heavy (non-hydrogen) atoms. The van der Waals surface area contributed by atoms with Gasteiger partial charge in [0.2, 0.25) is 0 Å². The number of nitrogens with one attached hydrogen (secondary N) is 2. The Balaban J connectivity index is 2.00. The van der Waals surface area contributed by atoms with Gasteiger partial charge in [0.1, 0.15) is 6.10 Å². The minimum atomic E-state index is -0.331. The molecule has 0 bridgehead atoms. The Morgan fingerprint density at radius 2 is 2.16 bits per heavy atom. The maximum Gasteiger partial charge on any atom is 0.253 e. The zero-order valence-electron chi connectivity index (χ0n) is 10.6. The molecule has 0 saturated carbocycles. The highest BCUT2D eigenvalue weighted by molar-refractivity contribution is 5.94. The summed E-state index contributed by atoms with van der Waals surface area (Å²) in [6.45, 7) is 0.655. The first-order valence-electron chi connectivity index (χ1n) is 6.20. The molecule has 1 heterocycles. The number of carbonyl (C=O) groups is 1. The smallest absolute Gasteiger partial charge is 0.253 e. The van der Waals surface area contributed by atoms with Crippen LogP contribution in [0, 0.1) is 5.41 Å².